The molecule has 1 unspecified atom stereocenters. The van der Waals surface area contributed by atoms with E-state index in [1.165, 1.54) is 0 Å². The van der Waals surface area contributed by atoms with E-state index in [1.807, 2.05) is 48.7 Å². The fourth-order valence-electron chi connectivity index (χ4n) is 3.11. The van der Waals surface area contributed by atoms with Gasteiger partial charge in [0, 0.05) is 13.1 Å². The molecule has 0 spiro atoms. The molecular formula is C19H19N3O3S. The lowest BCUT2D eigenvalue weighted by molar-refractivity contribution is 0.122. The van der Waals surface area contributed by atoms with E-state index >= 15 is 0 Å². The Morgan fingerprint density at radius 1 is 1.08 bits per heavy atom. The van der Waals surface area contributed by atoms with E-state index in [1.54, 1.807) is 0 Å². The lowest BCUT2D eigenvalue weighted by atomic mass is 10.0. The molecule has 1 aliphatic rings. The maximum absolute atomic E-state index is 11.1. The van der Waals surface area contributed by atoms with Crippen molar-refractivity contribution >= 4 is 27.9 Å². The van der Waals surface area contributed by atoms with E-state index in [9.17, 15) is 4.21 Å². The van der Waals surface area contributed by atoms with Crippen molar-refractivity contribution in [3.05, 3.63) is 54.2 Å². The van der Waals surface area contributed by atoms with E-state index in [4.69, 9.17) is 14.3 Å². The van der Waals surface area contributed by atoms with Crippen LogP contribution in [0, 0.1) is 0 Å². The van der Waals surface area contributed by atoms with Crippen LogP contribution in [0.3, 0.4) is 0 Å². The number of anilines is 1. The molecule has 2 heterocycles. The number of aromatic nitrogens is 2. The van der Waals surface area contributed by atoms with Crippen LogP contribution in [0.5, 0.6) is 0 Å². The van der Waals surface area contributed by atoms with Gasteiger partial charge in [-0.05, 0) is 28.8 Å². The van der Waals surface area contributed by atoms with Crippen molar-refractivity contribution in [1.29, 1.82) is 0 Å². The fourth-order valence-corrected chi connectivity index (χ4v) is 3.57. The van der Waals surface area contributed by atoms with E-state index in [-0.39, 0.29) is 5.75 Å². The number of hydrogen-bond acceptors (Lipinski definition) is 5. The molecule has 1 aliphatic heterocycles. The second-order valence-electron chi connectivity index (χ2n) is 6.20. The predicted octanol–water partition coefficient (Wildman–Crippen LogP) is 2.86. The molecule has 26 heavy (non-hydrogen) atoms. The molecule has 1 atom stereocenters. The van der Waals surface area contributed by atoms with Crippen LogP contribution in [0.15, 0.2) is 48.7 Å². The topological polar surface area (TPSA) is 75.5 Å². The zero-order valence-electron chi connectivity index (χ0n) is 14.2. The number of nitrogens with zero attached hydrogens (tertiary/aromatic N) is 3. The van der Waals surface area contributed by atoms with Crippen molar-refractivity contribution in [1.82, 2.24) is 9.97 Å². The predicted molar refractivity (Wildman–Crippen MR) is 102 cm³/mol. The Kier molecular flexibility index (Phi) is 4.92. The number of rotatable bonds is 4. The van der Waals surface area contributed by atoms with Crippen molar-refractivity contribution in [2.24, 2.45) is 0 Å². The largest absolute Gasteiger partial charge is 0.378 e. The number of benzene rings is 2. The van der Waals surface area contributed by atoms with Crippen molar-refractivity contribution < 1.29 is 13.5 Å². The van der Waals surface area contributed by atoms with Gasteiger partial charge in [0.2, 0.25) is 0 Å². The van der Waals surface area contributed by atoms with Gasteiger partial charge in [-0.1, -0.05) is 30.3 Å². The molecule has 134 valence electrons. The van der Waals surface area contributed by atoms with Gasteiger partial charge in [0.15, 0.2) is 11.1 Å². The molecule has 1 fully saturated rings. The SMILES string of the molecule is O=S(O)Cc1cccc(-c2ccc3ncc(N4CCOCC4)nc3c2)c1. The third-order valence-corrected chi connectivity index (χ3v) is 5.00. The van der Waals surface area contributed by atoms with Crippen LogP contribution in [-0.2, 0) is 21.6 Å². The number of fused-ring (bicyclic) bond motifs is 1. The van der Waals surface area contributed by atoms with Gasteiger partial charge >= 0.3 is 0 Å². The lowest BCUT2D eigenvalue weighted by Crippen LogP contribution is -2.36. The zero-order valence-corrected chi connectivity index (χ0v) is 15.0. The molecule has 6 nitrogen and oxygen atoms in total. The van der Waals surface area contributed by atoms with Crippen molar-refractivity contribution in [2.45, 2.75) is 5.75 Å². The molecule has 1 saturated heterocycles. The van der Waals surface area contributed by atoms with Crippen LogP contribution in [0.2, 0.25) is 0 Å². The van der Waals surface area contributed by atoms with Gasteiger partial charge in [-0.2, -0.15) is 0 Å². The summed E-state index contributed by atoms with van der Waals surface area (Å²) >= 11 is -1.85. The Morgan fingerprint density at radius 3 is 2.69 bits per heavy atom. The van der Waals surface area contributed by atoms with Crippen molar-refractivity contribution in [3.8, 4) is 11.1 Å². The summed E-state index contributed by atoms with van der Waals surface area (Å²) in [5, 5.41) is 0. The molecule has 4 rings (SSSR count). The number of ether oxygens (including phenoxy) is 1. The molecule has 3 aromatic rings. The van der Waals surface area contributed by atoms with Gasteiger partial charge in [-0.3, -0.25) is 4.98 Å². The molecule has 0 saturated carbocycles. The lowest BCUT2D eigenvalue weighted by Gasteiger charge is -2.27. The summed E-state index contributed by atoms with van der Waals surface area (Å²) in [6.45, 7) is 3.05. The highest BCUT2D eigenvalue weighted by molar-refractivity contribution is 7.78. The van der Waals surface area contributed by atoms with Crippen LogP contribution < -0.4 is 4.90 Å². The second kappa shape index (κ2) is 7.49. The molecule has 0 aliphatic carbocycles. The highest BCUT2D eigenvalue weighted by atomic mass is 32.2. The van der Waals surface area contributed by atoms with Crippen molar-refractivity contribution in [3.63, 3.8) is 0 Å². The second-order valence-corrected chi connectivity index (χ2v) is 7.13. The molecule has 0 bridgehead atoms. The molecule has 0 radical (unpaired) electrons. The fraction of sp³-hybridized carbons (Fsp3) is 0.263. The highest BCUT2D eigenvalue weighted by Gasteiger charge is 2.13. The molecular weight excluding hydrogens is 350 g/mol. The Labute approximate surface area is 154 Å². The highest BCUT2D eigenvalue weighted by Crippen LogP contribution is 2.25. The van der Waals surface area contributed by atoms with Gasteiger partial charge < -0.3 is 14.2 Å². The Bertz CT molecular complexity index is 958. The first-order chi connectivity index (χ1) is 12.7. The van der Waals surface area contributed by atoms with Crippen LogP contribution in [0.1, 0.15) is 5.56 Å². The maximum atomic E-state index is 11.1. The van der Waals surface area contributed by atoms with Gasteiger partial charge in [-0.15, -0.1) is 0 Å². The van der Waals surface area contributed by atoms with Gasteiger partial charge in [0.25, 0.3) is 0 Å². The Morgan fingerprint density at radius 2 is 1.88 bits per heavy atom. The van der Waals surface area contributed by atoms with Gasteiger partial charge in [-0.25, -0.2) is 9.19 Å². The summed E-state index contributed by atoms with van der Waals surface area (Å²) < 4.78 is 25.6. The van der Waals surface area contributed by atoms with Gasteiger partial charge in [0.1, 0.15) is 5.82 Å². The van der Waals surface area contributed by atoms with E-state index in [2.05, 4.69) is 9.88 Å². The summed E-state index contributed by atoms with van der Waals surface area (Å²) in [5.41, 5.74) is 4.52. The summed E-state index contributed by atoms with van der Waals surface area (Å²) in [5.74, 6) is 0.991. The first-order valence-corrected chi connectivity index (χ1v) is 9.73. The number of morpholine rings is 1. The molecule has 7 heteroatoms. The summed E-state index contributed by atoms with van der Waals surface area (Å²) in [4.78, 5) is 11.5. The minimum absolute atomic E-state index is 0.127. The minimum atomic E-state index is -1.85. The minimum Gasteiger partial charge on any atom is -0.378 e. The monoisotopic (exact) mass is 369 g/mol. The third-order valence-electron chi connectivity index (χ3n) is 4.42. The average molecular weight is 369 g/mol. The van der Waals surface area contributed by atoms with Crippen LogP contribution in [0.25, 0.3) is 22.2 Å². The average Bonchev–Trinajstić information content (AvgIpc) is 2.67. The summed E-state index contributed by atoms with van der Waals surface area (Å²) in [7, 11) is 0. The summed E-state index contributed by atoms with van der Waals surface area (Å²) in [6.07, 6.45) is 1.81. The standard InChI is InChI=1S/C19H19N3O3S/c23-26(24)13-14-2-1-3-15(10-14)16-4-5-17-18(11-16)21-19(12-20-17)22-6-8-25-9-7-22/h1-5,10-12H,6-9,13H2,(H,23,24). The molecule has 0 amide bonds. The maximum Gasteiger partial charge on any atom is 0.157 e. The molecule has 1 N–H and O–H groups in total. The zero-order chi connectivity index (χ0) is 17.9. The summed E-state index contributed by atoms with van der Waals surface area (Å²) in [6, 6.07) is 13.7. The van der Waals surface area contributed by atoms with E-state index in [0.29, 0.717) is 13.2 Å². The van der Waals surface area contributed by atoms with E-state index in [0.717, 1.165) is 46.6 Å². The smallest absolute Gasteiger partial charge is 0.157 e. The van der Waals surface area contributed by atoms with Crippen LogP contribution in [0.4, 0.5) is 5.82 Å². The van der Waals surface area contributed by atoms with Crippen molar-refractivity contribution in [2.75, 3.05) is 31.2 Å². The first-order valence-electron chi connectivity index (χ1n) is 8.45. The molecule has 2 aromatic carbocycles. The molecule has 1 aromatic heterocycles. The quantitative estimate of drug-likeness (QED) is 0.713. The normalized spacial score (nSPS) is 16.0. The Balaban J connectivity index is 1.69. The number of hydrogen-bond donors (Lipinski definition) is 1. The van der Waals surface area contributed by atoms with Crippen LogP contribution >= 0.6 is 0 Å². The third kappa shape index (κ3) is 3.75. The van der Waals surface area contributed by atoms with Gasteiger partial charge in [0.05, 0.1) is 36.2 Å². The van der Waals surface area contributed by atoms with Crippen LogP contribution in [-0.4, -0.2) is 45.0 Å². The Hall–Kier alpha value is -2.35. The first kappa shape index (κ1) is 17.1. The van der Waals surface area contributed by atoms with E-state index < -0.39 is 11.1 Å².